The predicted octanol–water partition coefficient (Wildman–Crippen LogP) is 10.2. The van der Waals surface area contributed by atoms with Crippen LogP contribution in [0.15, 0.2) is 0 Å². The van der Waals surface area contributed by atoms with Gasteiger partial charge in [0.1, 0.15) is 0 Å². The number of unbranched alkanes of at least 4 members (excludes halogenated alkanes) is 24. The van der Waals surface area contributed by atoms with Gasteiger partial charge in [-0.3, -0.25) is 19.3 Å². The molecule has 0 aliphatic rings. The summed E-state index contributed by atoms with van der Waals surface area (Å²) in [6, 6.07) is 0. The normalized spacial score (nSPS) is 10.4. The Balaban J connectivity index is -0.000000298. The Labute approximate surface area is 320 Å². The van der Waals surface area contributed by atoms with E-state index in [-0.39, 0.29) is 19.8 Å². The molecule has 314 valence electrons. The molecule has 0 amide bonds. The smallest absolute Gasteiger partial charge is 0.303 e. The lowest BCUT2D eigenvalue weighted by Gasteiger charge is -2.17. The lowest BCUT2D eigenvalue weighted by molar-refractivity contribution is -0.138. The van der Waals surface area contributed by atoms with E-state index in [1.54, 1.807) is 4.90 Å². The topological polar surface area (TPSA) is 176 Å². The maximum atomic E-state index is 10.2. The minimum atomic E-state index is -0.659. The average molecular weight is 750 g/mol. The van der Waals surface area contributed by atoms with Crippen molar-refractivity contribution in [2.45, 2.75) is 213 Å². The Morgan fingerprint density at radius 1 is 0.327 bits per heavy atom. The van der Waals surface area contributed by atoms with Gasteiger partial charge < -0.3 is 30.6 Å². The molecule has 0 bridgehead atoms. The quantitative estimate of drug-likeness (QED) is 0.0338. The molecule has 0 aliphatic carbocycles. The van der Waals surface area contributed by atoms with E-state index in [0.29, 0.717) is 38.9 Å². The number of aliphatic hydroxyl groups is 3. The first-order valence-electron chi connectivity index (χ1n) is 21.4. The minimum absolute atomic E-state index is 0.0694. The zero-order chi connectivity index (χ0) is 39.8. The van der Waals surface area contributed by atoms with Gasteiger partial charge in [-0.1, -0.05) is 175 Å². The van der Waals surface area contributed by atoms with Crippen molar-refractivity contribution in [1.29, 1.82) is 0 Å². The van der Waals surface area contributed by atoms with Gasteiger partial charge in [-0.15, -0.1) is 0 Å². The molecule has 0 saturated carbocycles. The molecule has 0 heterocycles. The highest BCUT2D eigenvalue weighted by molar-refractivity contribution is 5.67. The highest BCUT2D eigenvalue weighted by Gasteiger charge is 2.01. The first-order chi connectivity index (χ1) is 25.2. The van der Waals surface area contributed by atoms with Gasteiger partial charge in [0.2, 0.25) is 0 Å². The summed E-state index contributed by atoms with van der Waals surface area (Å²) >= 11 is 0. The zero-order valence-electron chi connectivity index (χ0n) is 34.3. The Kier molecular flexibility index (Phi) is 58.7. The van der Waals surface area contributed by atoms with E-state index in [0.717, 1.165) is 38.5 Å². The fourth-order valence-corrected chi connectivity index (χ4v) is 5.52. The maximum absolute atomic E-state index is 10.2. The molecule has 10 nitrogen and oxygen atoms in total. The molecule has 0 spiro atoms. The van der Waals surface area contributed by atoms with Crippen LogP contribution >= 0.6 is 0 Å². The van der Waals surface area contributed by atoms with E-state index in [1.807, 2.05) is 0 Å². The Morgan fingerprint density at radius 2 is 0.500 bits per heavy atom. The van der Waals surface area contributed by atoms with E-state index in [2.05, 4.69) is 20.8 Å². The van der Waals surface area contributed by atoms with Crippen LogP contribution in [-0.4, -0.2) is 92.9 Å². The molecule has 0 radical (unpaired) electrons. The summed E-state index contributed by atoms with van der Waals surface area (Å²) in [5.41, 5.74) is 0. The number of hydrogen-bond donors (Lipinski definition) is 6. The number of hydrogen-bond acceptors (Lipinski definition) is 7. The van der Waals surface area contributed by atoms with Crippen LogP contribution in [0.2, 0.25) is 0 Å². The van der Waals surface area contributed by atoms with Crippen LogP contribution in [0.25, 0.3) is 0 Å². The third-order valence-electron chi connectivity index (χ3n) is 8.73. The fourth-order valence-electron chi connectivity index (χ4n) is 5.52. The summed E-state index contributed by atoms with van der Waals surface area (Å²) in [4.78, 5) is 32.4. The van der Waals surface area contributed by atoms with Gasteiger partial charge in [0.05, 0.1) is 19.8 Å². The van der Waals surface area contributed by atoms with Crippen molar-refractivity contribution in [3.05, 3.63) is 0 Å². The third kappa shape index (κ3) is 66.5. The lowest BCUT2D eigenvalue weighted by atomic mass is 10.1. The first kappa shape index (κ1) is 57.0. The van der Waals surface area contributed by atoms with Gasteiger partial charge >= 0.3 is 17.9 Å². The van der Waals surface area contributed by atoms with Gasteiger partial charge in [0.15, 0.2) is 0 Å². The van der Waals surface area contributed by atoms with Crippen LogP contribution < -0.4 is 0 Å². The van der Waals surface area contributed by atoms with Crippen molar-refractivity contribution < 1.29 is 45.0 Å². The van der Waals surface area contributed by atoms with Gasteiger partial charge in [-0.2, -0.15) is 0 Å². The second-order valence-corrected chi connectivity index (χ2v) is 13.9. The molecule has 0 aliphatic heterocycles. The first-order valence-corrected chi connectivity index (χ1v) is 21.4. The largest absolute Gasteiger partial charge is 0.481 e. The van der Waals surface area contributed by atoms with Crippen molar-refractivity contribution in [2.24, 2.45) is 0 Å². The molecule has 0 unspecified atom stereocenters. The lowest BCUT2D eigenvalue weighted by Crippen LogP contribution is -2.32. The van der Waals surface area contributed by atoms with Gasteiger partial charge in [0.25, 0.3) is 0 Å². The number of rotatable bonds is 36. The van der Waals surface area contributed by atoms with Crippen LogP contribution in [0.4, 0.5) is 0 Å². The van der Waals surface area contributed by atoms with Crippen molar-refractivity contribution >= 4 is 17.9 Å². The standard InChI is InChI=1S/3C12H24O2.C6H15NO3/c3*1-2-3-4-5-6-7-8-9-10-11-12(13)14;8-4-1-7(2-5-9)3-6-10/h3*2-11H2,1H3,(H,13,14);8-10H,1-6H2. The van der Waals surface area contributed by atoms with Gasteiger partial charge in [-0.05, 0) is 19.3 Å². The molecule has 0 fully saturated rings. The summed E-state index contributed by atoms with van der Waals surface area (Å²) in [5.74, 6) is -1.98. The SMILES string of the molecule is CCCCCCCCCCCC(=O)O.CCCCCCCCCCCC(=O)O.CCCCCCCCCCCC(=O)O.OCCN(CCO)CCO. The fraction of sp³-hybridized carbons (Fsp3) is 0.929. The molecular formula is C42H87NO9. The summed E-state index contributed by atoms with van der Waals surface area (Å²) in [6.45, 7) is 8.44. The monoisotopic (exact) mass is 750 g/mol. The highest BCUT2D eigenvalue weighted by atomic mass is 16.4. The molecule has 0 atom stereocenters. The van der Waals surface area contributed by atoms with Gasteiger partial charge in [-0.25, -0.2) is 0 Å². The molecule has 0 rings (SSSR count). The van der Waals surface area contributed by atoms with Crippen molar-refractivity contribution in [2.75, 3.05) is 39.5 Å². The van der Waals surface area contributed by atoms with Crippen molar-refractivity contribution in [1.82, 2.24) is 4.90 Å². The number of aliphatic hydroxyl groups excluding tert-OH is 3. The van der Waals surface area contributed by atoms with Crippen LogP contribution in [0.1, 0.15) is 213 Å². The van der Waals surface area contributed by atoms with Crippen LogP contribution in [0.3, 0.4) is 0 Å². The van der Waals surface area contributed by atoms with E-state index in [9.17, 15) is 14.4 Å². The average Bonchev–Trinajstić information content (AvgIpc) is 3.10. The Bertz CT molecular complexity index is 604. The molecule has 10 heteroatoms. The summed E-state index contributed by atoms with van der Waals surface area (Å²) in [6.07, 6.45) is 34.4. The number of carboxylic acid groups (broad SMARTS) is 3. The zero-order valence-corrected chi connectivity index (χ0v) is 34.3. The van der Waals surface area contributed by atoms with Crippen LogP contribution in [-0.2, 0) is 14.4 Å². The van der Waals surface area contributed by atoms with E-state index >= 15 is 0 Å². The second-order valence-electron chi connectivity index (χ2n) is 13.9. The summed E-state index contributed by atoms with van der Waals surface area (Å²) < 4.78 is 0. The van der Waals surface area contributed by atoms with Gasteiger partial charge in [0, 0.05) is 38.9 Å². The molecule has 0 aromatic rings. The number of carboxylic acids is 3. The molecular weight excluding hydrogens is 662 g/mol. The second kappa shape index (κ2) is 53.6. The van der Waals surface area contributed by atoms with Crippen LogP contribution in [0.5, 0.6) is 0 Å². The molecule has 0 saturated heterocycles. The molecule has 0 aromatic heterocycles. The summed E-state index contributed by atoms with van der Waals surface area (Å²) in [5, 5.41) is 50.7. The van der Waals surface area contributed by atoms with E-state index in [4.69, 9.17) is 30.6 Å². The number of carbonyl (C=O) groups is 3. The predicted molar refractivity (Wildman–Crippen MR) is 216 cm³/mol. The maximum Gasteiger partial charge on any atom is 0.303 e. The minimum Gasteiger partial charge on any atom is -0.481 e. The highest BCUT2D eigenvalue weighted by Crippen LogP contribution is 2.12. The Hall–Kier alpha value is -1.75. The number of aliphatic carboxylic acids is 3. The molecule has 0 aromatic carbocycles. The van der Waals surface area contributed by atoms with E-state index in [1.165, 1.54) is 135 Å². The summed E-state index contributed by atoms with van der Waals surface area (Å²) in [7, 11) is 0. The van der Waals surface area contributed by atoms with Crippen molar-refractivity contribution in [3.63, 3.8) is 0 Å². The van der Waals surface area contributed by atoms with Crippen LogP contribution in [0, 0.1) is 0 Å². The molecule has 6 N–H and O–H groups in total. The Morgan fingerprint density at radius 3 is 0.654 bits per heavy atom. The van der Waals surface area contributed by atoms with E-state index < -0.39 is 17.9 Å². The number of nitrogens with zero attached hydrogens (tertiary/aromatic N) is 1. The third-order valence-corrected chi connectivity index (χ3v) is 8.73. The molecule has 52 heavy (non-hydrogen) atoms. The van der Waals surface area contributed by atoms with Crippen molar-refractivity contribution in [3.8, 4) is 0 Å².